The van der Waals surface area contributed by atoms with E-state index < -0.39 is 0 Å². The van der Waals surface area contributed by atoms with Gasteiger partial charge in [-0.05, 0) is 36.5 Å². The number of thioether (sulfide) groups is 1. The third-order valence-electron chi connectivity index (χ3n) is 4.11. The van der Waals surface area contributed by atoms with Crippen LogP contribution in [0.25, 0.3) is 0 Å². The van der Waals surface area contributed by atoms with Crippen LogP contribution in [0.15, 0.2) is 17.5 Å². The first-order chi connectivity index (χ1) is 8.67. The van der Waals surface area contributed by atoms with Crippen molar-refractivity contribution in [2.45, 2.75) is 50.3 Å². The molecule has 1 aliphatic rings. The number of hydrogen-bond acceptors (Lipinski definition) is 3. The van der Waals surface area contributed by atoms with Gasteiger partial charge in [0.05, 0.1) is 0 Å². The minimum Gasteiger partial charge on any atom is -0.308 e. The molecule has 0 radical (unpaired) electrons. The molecule has 1 unspecified atom stereocenters. The highest BCUT2D eigenvalue weighted by Gasteiger charge is 2.33. The topological polar surface area (TPSA) is 12.0 Å². The van der Waals surface area contributed by atoms with Gasteiger partial charge >= 0.3 is 0 Å². The molecule has 0 amide bonds. The molecule has 1 heterocycles. The smallest absolute Gasteiger partial charge is 0.0438 e. The number of nitrogens with one attached hydrogen (secondary N) is 1. The highest BCUT2D eigenvalue weighted by molar-refractivity contribution is 8.00. The van der Waals surface area contributed by atoms with Gasteiger partial charge in [-0.15, -0.1) is 11.3 Å². The molecular formula is C15H25NS2. The van der Waals surface area contributed by atoms with Crippen LogP contribution in [0.2, 0.25) is 0 Å². The number of thiophene rings is 1. The van der Waals surface area contributed by atoms with Crippen molar-refractivity contribution in [2.75, 3.05) is 12.8 Å². The van der Waals surface area contributed by atoms with Gasteiger partial charge in [-0.3, -0.25) is 0 Å². The Morgan fingerprint density at radius 3 is 2.61 bits per heavy atom. The molecule has 1 nitrogen and oxygen atoms in total. The molecule has 0 aromatic carbocycles. The summed E-state index contributed by atoms with van der Waals surface area (Å²) in [4.78, 5) is 1.49. The van der Waals surface area contributed by atoms with E-state index in [1.807, 2.05) is 11.3 Å². The molecule has 2 rings (SSSR count). The van der Waals surface area contributed by atoms with E-state index in [-0.39, 0.29) is 0 Å². The van der Waals surface area contributed by atoms with Gasteiger partial charge in [0.15, 0.2) is 0 Å². The summed E-state index contributed by atoms with van der Waals surface area (Å²) >= 11 is 3.95. The normalized spacial score (nSPS) is 20.4. The van der Waals surface area contributed by atoms with Gasteiger partial charge in [0.25, 0.3) is 0 Å². The van der Waals surface area contributed by atoms with Crippen molar-refractivity contribution >= 4 is 23.1 Å². The number of rotatable bonds is 6. The maximum absolute atomic E-state index is 3.84. The molecule has 18 heavy (non-hydrogen) atoms. The van der Waals surface area contributed by atoms with Crippen LogP contribution in [0.5, 0.6) is 0 Å². The van der Waals surface area contributed by atoms with Gasteiger partial charge < -0.3 is 5.32 Å². The zero-order valence-electron chi connectivity index (χ0n) is 11.7. The standard InChI is InChI=1S/C15H25NS2/c1-12(2)14(13-7-6-10-18-13)16-11-15(17-3)8-4-5-9-15/h6-7,10,12,14,16H,4-5,8-9,11H2,1-3H3. The van der Waals surface area contributed by atoms with E-state index >= 15 is 0 Å². The average molecular weight is 284 g/mol. The Kier molecular flexibility index (Phi) is 5.16. The summed E-state index contributed by atoms with van der Waals surface area (Å²) in [5.74, 6) is 0.656. The Labute approximate surface area is 120 Å². The summed E-state index contributed by atoms with van der Waals surface area (Å²) < 4.78 is 0.504. The fraction of sp³-hybridized carbons (Fsp3) is 0.733. The van der Waals surface area contributed by atoms with Crippen LogP contribution in [0.4, 0.5) is 0 Å². The molecule has 0 saturated heterocycles. The van der Waals surface area contributed by atoms with Crippen molar-refractivity contribution in [1.82, 2.24) is 5.32 Å². The Morgan fingerprint density at radius 2 is 2.11 bits per heavy atom. The monoisotopic (exact) mass is 283 g/mol. The lowest BCUT2D eigenvalue weighted by molar-refractivity contribution is 0.391. The molecule has 3 heteroatoms. The van der Waals surface area contributed by atoms with E-state index in [9.17, 15) is 0 Å². The molecule has 0 bridgehead atoms. The van der Waals surface area contributed by atoms with Gasteiger partial charge in [-0.1, -0.05) is 32.8 Å². The maximum atomic E-state index is 3.84. The second-order valence-corrected chi connectivity index (χ2v) is 7.97. The average Bonchev–Trinajstić information content (AvgIpc) is 3.00. The van der Waals surface area contributed by atoms with E-state index in [1.165, 1.54) is 30.6 Å². The summed E-state index contributed by atoms with van der Waals surface area (Å²) in [7, 11) is 0. The highest BCUT2D eigenvalue weighted by atomic mass is 32.2. The zero-order chi connectivity index (χ0) is 13.0. The molecule has 0 spiro atoms. The van der Waals surface area contributed by atoms with E-state index in [4.69, 9.17) is 0 Å². The SMILES string of the molecule is CSC1(CNC(c2cccs2)C(C)C)CCCC1. The summed E-state index contributed by atoms with van der Waals surface area (Å²) in [6, 6.07) is 4.95. The molecule has 1 fully saturated rings. The van der Waals surface area contributed by atoms with Crippen molar-refractivity contribution in [2.24, 2.45) is 5.92 Å². The van der Waals surface area contributed by atoms with Crippen LogP contribution in [0, 0.1) is 5.92 Å². The summed E-state index contributed by atoms with van der Waals surface area (Å²) in [5.41, 5.74) is 0. The molecule has 1 N–H and O–H groups in total. The number of hydrogen-bond donors (Lipinski definition) is 1. The lowest BCUT2D eigenvalue weighted by atomic mass is 10.0. The highest BCUT2D eigenvalue weighted by Crippen LogP contribution is 2.40. The van der Waals surface area contributed by atoms with Crippen LogP contribution in [-0.2, 0) is 0 Å². The third kappa shape index (κ3) is 3.31. The first-order valence-corrected chi connectivity index (χ1v) is 9.09. The molecule has 1 aromatic heterocycles. The minimum atomic E-state index is 0.504. The van der Waals surface area contributed by atoms with Gasteiger partial charge in [-0.2, -0.15) is 11.8 Å². The second-order valence-electron chi connectivity index (χ2n) is 5.71. The summed E-state index contributed by atoms with van der Waals surface area (Å²) in [6.45, 7) is 5.80. The predicted molar refractivity (Wildman–Crippen MR) is 84.6 cm³/mol. The van der Waals surface area contributed by atoms with Crippen molar-refractivity contribution in [1.29, 1.82) is 0 Å². The molecule has 0 aliphatic heterocycles. The van der Waals surface area contributed by atoms with Crippen molar-refractivity contribution < 1.29 is 0 Å². The van der Waals surface area contributed by atoms with Gasteiger partial charge in [-0.25, -0.2) is 0 Å². The molecule has 102 valence electrons. The lowest BCUT2D eigenvalue weighted by Crippen LogP contribution is -2.38. The van der Waals surface area contributed by atoms with Gasteiger partial charge in [0, 0.05) is 22.2 Å². The van der Waals surface area contributed by atoms with Crippen LogP contribution in [-0.4, -0.2) is 17.5 Å². The van der Waals surface area contributed by atoms with E-state index in [2.05, 4.69) is 54.7 Å². The zero-order valence-corrected chi connectivity index (χ0v) is 13.4. The van der Waals surface area contributed by atoms with Crippen LogP contribution < -0.4 is 5.32 Å². The van der Waals surface area contributed by atoms with Crippen molar-refractivity contribution in [3.05, 3.63) is 22.4 Å². The predicted octanol–water partition coefficient (Wildman–Crippen LogP) is 4.71. The summed E-state index contributed by atoms with van der Waals surface area (Å²) in [5, 5.41) is 6.03. The molecule has 1 aliphatic carbocycles. The Morgan fingerprint density at radius 1 is 1.39 bits per heavy atom. The van der Waals surface area contributed by atoms with Crippen LogP contribution in [0.1, 0.15) is 50.4 Å². The Hall–Kier alpha value is 0.01000. The Balaban J connectivity index is 1.98. The van der Waals surface area contributed by atoms with Gasteiger partial charge in [0.2, 0.25) is 0 Å². The quantitative estimate of drug-likeness (QED) is 0.811. The van der Waals surface area contributed by atoms with Crippen molar-refractivity contribution in [3.8, 4) is 0 Å². The molecule has 1 aromatic rings. The lowest BCUT2D eigenvalue weighted by Gasteiger charge is -2.31. The largest absolute Gasteiger partial charge is 0.308 e. The third-order valence-corrected chi connectivity index (χ3v) is 6.48. The Bertz CT molecular complexity index is 339. The molecule has 1 saturated carbocycles. The van der Waals surface area contributed by atoms with E-state index in [1.54, 1.807) is 0 Å². The van der Waals surface area contributed by atoms with Crippen LogP contribution >= 0.6 is 23.1 Å². The maximum Gasteiger partial charge on any atom is 0.0438 e. The first-order valence-electron chi connectivity index (χ1n) is 6.99. The van der Waals surface area contributed by atoms with Crippen molar-refractivity contribution in [3.63, 3.8) is 0 Å². The second kappa shape index (κ2) is 6.44. The molecular weight excluding hydrogens is 258 g/mol. The minimum absolute atomic E-state index is 0.504. The summed E-state index contributed by atoms with van der Waals surface area (Å²) in [6.07, 6.45) is 7.87. The first kappa shape index (κ1) is 14.4. The van der Waals surface area contributed by atoms with E-state index in [0.29, 0.717) is 16.7 Å². The fourth-order valence-corrected chi connectivity index (χ4v) is 4.80. The van der Waals surface area contributed by atoms with Gasteiger partial charge in [0.1, 0.15) is 0 Å². The van der Waals surface area contributed by atoms with E-state index in [0.717, 1.165) is 6.54 Å². The van der Waals surface area contributed by atoms with Crippen LogP contribution in [0.3, 0.4) is 0 Å². The fourth-order valence-electron chi connectivity index (χ4n) is 2.90. The molecule has 1 atom stereocenters.